The van der Waals surface area contributed by atoms with Gasteiger partial charge in [-0.3, -0.25) is 0 Å². The molecule has 3 aromatic rings. The van der Waals surface area contributed by atoms with Gasteiger partial charge in [0.05, 0.1) is 0 Å². The van der Waals surface area contributed by atoms with Gasteiger partial charge < -0.3 is 10.2 Å². The van der Waals surface area contributed by atoms with Crippen LogP contribution >= 0.6 is 0 Å². The van der Waals surface area contributed by atoms with Crippen molar-refractivity contribution in [1.29, 1.82) is 0 Å². The Morgan fingerprint density at radius 1 is 1.11 bits per heavy atom. The number of oxazole rings is 1. The van der Waals surface area contributed by atoms with Crippen LogP contribution in [-0.4, -0.2) is 4.98 Å². The van der Waals surface area contributed by atoms with Crippen molar-refractivity contribution < 1.29 is 4.42 Å². The van der Waals surface area contributed by atoms with Crippen LogP contribution < -0.4 is 5.73 Å². The molecule has 0 radical (unpaired) electrons. The SMILES string of the molecule is Cc1ccc2oc(C(C)(N)c3ccccc3)nc2c1. The van der Waals surface area contributed by atoms with Gasteiger partial charge in [0, 0.05) is 0 Å². The van der Waals surface area contributed by atoms with Crippen LogP contribution in [0.1, 0.15) is 23.9 Å². The molecule has 1 unspecified atom stereocenters. The summed E-state index contributed by atoms with van der Waals surface area (Å²) in [6.07, 6.45) is 0. The third-order valence-electron chi connectivity index (χ3n) is 3.36. The third-order valence-corrected chi connectivity index (χ3v) is 3.36. The summed E-state index contributed by atoms with van der Waals surface area (Å²) >= 11 is 0. The molecule has 2 N–H and O–H groups in total. The molecule has 0 aliphatic heterocycles. The van der Waals surface area contributed by atoms with Crippen LogP contribution in [0.5, 0.6) is 0 Å². The number of hydrogen-bond acceptors (Lipinski definition) is 3. The third kappa shape index (κ3) is 2.02. The largest absolute Gasteiger partial charge is 0.438 e. The molecule has 0 bridgehead atoms. The van der Waals surface area contributed by atoms with E-state index in [-0.39, 0.29) is 0 Å². The van der Waals surface area contributed by atoms with Crippen molar-refractivity contribution in [3.05, 3.63) is 65.5 Å². The summed E-state index contributed by atoms with van der Waals surface area (Å²) in [6.45, 7) is 3.95. The van der Waals surface area contributed by atoms with Crippen LogP contribution in [-0.2, 0) is 5.54 Å². The summed E-state index contributed by atoms with van der Waals surface area (Å²) in [7, 11) is 0. The van der Waals surface area contributed by atoms with Crippen molar-refractivity contribution in [2.45, 2.75) is 19.4 Å². The summed E-state index contributed by atoms with van der Waals surface area (Å²) in [6, 6.07) is 15.8. The Hall–Kier alpha value is -2.13. The van der Waals surface area contributed by atoms with E-state index in [0.29, 0.717) is 5.89 Å². The number of nitrogens with zero attached hydrogens (tertiary/aromatic N) is 1. The number of nitrogens with two attached hydrogens (primary N) is 1. The lowest BCUT2D eigenvalue weighted by molar-refractivity contribution is 0.418. The second-order valence-electron chi connectivity index (χ2n) is 5.06. The number of aromatic nitrogens is 1. The first-order valence-electron chi connectivity index (χ1n) is 6.29. The molecule has 1 atom stereocenters. The zero-order chi connectivity index (χ0) is 13.5. The fourth-order valence-electron chi connectivity index (χ4n) is 2.17. The van der Waals surface area contributed by atoms with E-state index in [1.54, 1.807) is 0 Å². The normalized spacial score (nSPS) is 14.5. The van der Waals surface area contributed by atoms with Crippen molar-refractivity contribution >= 4 is 11.1 Å². The first kappa shape index (κ1) is 11.9. The number of fused-ring (bicyclic) bond motifs is 1. The van der Waals surface area contributed by atoms with E-state index in [4.69, 9.17) is 10.2 Å². The number of aryl methyl sites for hydroxylation is 1. The zero-order valence-electron chi connectivity index (χ0n) is 11.1. The van der Waals surface area contributed by atoms with E-state index in [1.165, 1.54) is 0 Å². The zero-order valence-corrected chi connectivity index (χ0v) is 11.1. The Morgan fingerprint density at radius 3 is 2.58 bits per heavy atom. The number of hydrogen-bond donors (Lipinski definition) is 1. The van der Waals surface area contributed by atoms with Gasteiger partial charge in [-0.15, -0.1) is 0 Å². The Kier molecular flexibility index (Phi) is 2.64. The molecule has 0 amide bonds. The lowest BCUT2D eigenvalue weighted by Crippen LogP contribution is -2.34. The van der Waals surface area contributed by atoms with Crippen LogP contribution in [0, 0.1) is 6.92 Å². The molecule has 0 aliphatic rings. The summed E-state index contributed by atoms with van der Waals surface area (Å²) in [5, 5.41) is 0. The van der Waals surface area contributed by atoms with E-state index in [0.717, 1.165) is 22.2 Å². The van der Waals surface area contributed by atoms with Crippen molar-refractivity contribution in [2.24, 2.45) is 5.73 Å². The van der Waals surface area contributed by atoms with Crippen LogP contribution in [0.25, 0.3) is 11.1 Å². The highest BCUT2D eigenvalue weighted by molar-refractivity contribution is 5.73. The minimum absolute atomic E-state index is 0.541. The Labute approximate surface area is 112 Å². The van der Waals surface area contributed by atoms with Crippen molar-refractivity contribution in [2.75, 3.05) is 0 Å². The fraction of sp³-hybridized carbons (Fsp3) is 0.188. The molecular weight excluding hydrogens is 236 g/mol. The van der Waals surface area contributed by atoms with Crippen molar-refractivity contribution in [3.8, 4) is 0 Å². The highest BCUT2D eigenvalue weighted by Gasteiger charge is 2.29. The first-order chi connectivity index (χ1) is 9.07. The molecule has 3 heteroatoms. The lowest BCUT2D eigenvalue weighted by atomic mass is 9.93. The molecular formula is C16H16N2O. The van der Waals surface area contributed by atoms with Gasteiger partial charge in [-0.1, -0.05) is 36.4 Å². The van der Waals surface area contributed by atoms with Gasteiger partial charge in [-0.2, -0.15) is 0 Å². The number of rotatable bonds is 2. The Morgan fingerprint density at radius 2 is 1.84 bits per heavy atom. The predicted molar refractivity (Wildman–Crippen MR) is 75.8 cm³/mol. The topological polar surface area (TPSA) is 52.0 Å². The van der Waals surface area contributed by atoms with Crippen LogP contribution in [0.3, 0.4) is 0 Å². The van der Waals surface area contributed by atoms with Gasteiger partial charge >= 0.3 is 0 Å². The summed E-state index contributed by atoms with van der Waals surface area (Å²) < 4.78 is 5.81. The standard InChI is InChI=1S/C16H16N2O/c1-11-8-9-14-13(10-11)18-15(19-14)16(2,17)12-6-4-3-5-7-12/h3-10H,17H2,1-2H3. The highest BCUT2D eigenvalue weighted by Crippen LogP contribution is 2.28. The van der Waals surface area contributed by atoms with Crippen LogP contribution in [0.15, 0.2) is 52.9 Å². The average Bonchev–Trinajstić information content (AvgIpc) is 2.83. The van der Waals surface area contributed by atoms with Gasteiger partial charge in [0.2, 0.25) is 5.89 Å². The Balaban J connectivity index is 2.13. The van der Waals surface area contributed by atoms with Gasteiger partial charge in [-0.25, -0.2) is 4.98 Å². The van der Waals surface area contributed by atoms with Gasteiger partial charge in [0.15, 0.2) is 5.58 Å². The maximum Gasteiger partial charge on any atom is 0.219 e. The van der Waals surface area contributed by atoms with E-state index in [9.17, 15) is 0 Å². The second-order valence-corrected chi connectivity index (χ2v) is 5.06. The monoisotopic (exact) mass is 252 g/mol. The highest BCUT2D eigenvalue weighted by atomic mass is 16.3. The molecule has 0 aliphatic carbocycles. The Bertz CT molecular complexity index is 714. The van der Waals surface area contributed by atoms with E-state index in [1.807, 2.05) is 62.4 Å². The average molecular weight is 252 g/mol. The molecule has 3 rings (SSSR count). The van der Waals surface area contributed by atoms with Gasteiger partial charge in [0.25, 0.3) is 0 Å². The van der Waals surface area contributed by atoms with E-state index in [2.05, 4.69) is 4.98 Å². The van der Waals surface area contributed by atoms with Crippen LogP contribution in [0.4, 0.5) is 0 Å². The first-order valence-corrected chi connectivity index (χ1v) is 6.29. The molecule has 3 nitrogen and oxygen atoms in total. The molecule has 0 saturated carbocycles. The quantitative estimate of drug-likeness (QED) is 0.760. The minimum atomic E-state index is -0.728. The summed E-state index contributed by atoms with van der Waals surface area (Å²) in [5.41, 5.74) is 9.44. The minimum Gasteiger partial charge on any atom is -0.438 e. The second kappa shape index (κ2) is 4.21. The molecule has 2 aromatic carbocycles. The molecule has 1 aromatic heterocycles. The molecule has 0 fully saturated rings. The van der Waals surface area contributed by atoms with Gasteiger partial charge in [0.1, 0.15) is 11.1 Å². The fourth-order valence-corrected chi connectivity index (χ4v) is 2.17. The maximum atomic E-state index is 6.41. The lowest BCUT2D eigenvalue weighted by Gasteiger charge is -2.20. The molecule has 0 spiro atoms. The summed E-state index contributed by atoms with van der Waals surface area (Å²) in [4.78, 5) is 4.53. The number of benzene rings is 2. The summed E-state index contributed by atoms with van der Waals surface area (Å²) in [5.74, 6) is 0.541. The smallest absolute Gasteiger partial charge is 0.219 e. The molecule has 1 heterocycles. The molecule has 0 saturated heterocycles. The van der Waals surface area contributed by atoms with Crippen molar-refractivity contribution in [1.82, 2.24) is 4.98 Å². The van der Waals surface area contributed by atoms with E-state index >= 15 is 0 Å². The van der Waals surface area contributed by atoms with Gasteiger partial charge in [-0.05, 0) is 37.1 Å². The maximum absolute atomic E-state index is 6.41. The van der Waals surface area contributed by atoms with Crippen molar-refractivity contribution in [3.63, 3.8) is 0 Å². The predicted octanol–water partition coefficient (Wildman–Crippen LogP) is 3.36. The van der Waals surface area contributed by atoms with E-state index < -0.39 is 5.54 Å². The molecule has 19 heavy (non-hydrogen) atoms. The van der Waals surface area contributed by atoms with Crippen LogP contribution in [0.2, 0.25) is 0 Å². The molecule has 96 valence electrons.